The van der Waals surface area contributed by atoms with Gasteiger partial charge in [0.15, 0.2) is 5.78 Å². The van der Waals surface area contributed by atoms with E-state index in [1.807, 2.05) is 6.92 Å². The molecular weight excluding hydrogens is 206 g/mol. The van der Waals surface area contributed by atoms with Gasteiger partial charge in [0.2, 0.25) is 0 Å². The lowest BCUT2D eigenvalue weighted by Gasteiger charge is -1.98. The lowest BCUT2D eigenvalue weighted by atomic mass is 10.2. The number of hydrogen-bond acceptors (Lipinski definition) is 2. The second kappa shape index (κ2) is 3.13. The third kappa shape index (κ3) is 1.87. The van der Waals surface area contributed by atoms with Crippen molar-refractivity contribution in [2.45, 2.75) is 13.8 Å². The van der Waals surface area contributed by atoms with Gasteiger partial charge in [-0.05, 0) is 34.5 Å². The molecule has 0 radical (unpaired) electrons. The molecule has 0 saturated carbocycles. The number of nitrogens with zero attached hydrogens (tertiary/aromatic N) is 1. The largest absolute Gasteiger partial charge is 0.293 e. The summed E-state index contributed by atoms with van der Waals surface area (Å²) in [5.74, 6) is 0.000556. The molecule has 0 unspecified atom stereocenters. The zero-order valence-electron chi connectivity index (χ0n) is 6.39. The molecule has 1 rings (SSSR count). The van der Waals surface area contributed by atoms with Crippen LogP contribution >= 0.6 is 15.9 Å². The second-order valence-electron chi connectivity index (χ2n) is 2.37. The molecule has 1 aromatic rings. The third-order valence-electron chi connectivity index (χ3n) is 1.41. The van der Waals surface area contributed by atoms with Crippen molar-refractivity contribution in [3.63, 3.8) is 0 Å². The quantitative estimate of drug-likeness (QED) is 0.671. The first-order chi connectivity index (χ1) is 5.11. The van der Waals surface area contributed by atoms with Crippen LogP contribution in [0.25, 0.3) is 0 Å². The van der Waals surface area contributed by atoms with Gasteiger partial charge in [-0.25, -0.2) is 0 Å². The molecule has 0 fully saturated rings. The Bertz CT molecular complexity index is 296. The molecule has 0 aliphatic heterocycles. The Kier molecular flexibility index (Phi) is 2.39. The van der Waals surface area contributed by atoms with Crippen LogP contribution < -0.4 is 0 Å². The molecule has 0 N–H and O–H groups in total. The number of pyridine rings is 1. The Hall–Kier alpha value is -0.700. The third-order valence-corrected chi connectivity index (χ3v) is 2.24. The molecule has 1 heterocycles. The Morgan fingerprint density at radius 1 is 1.64 bits per heavy atom. The van der Waals surface area contributed by atoms with Gasteiger partial charge in [-0.3, -0.25) is 9.78 Å². The Morgan fingerprint density at radius 3 is 2.73 bits per heavy atom. The first kappa shape index (κ1) is 8.40. The first-order valence-corrected chi connectivity index (χ1v) is 4.03. The number of rotatable bonds is 1. The van der Waals surface area contributed by atoms with Crippen molar-refractivity contribution in [1.82, 2.24) is 4.98 Å². The number of aromatic nitrogens is 1. The molecular formula is C8H8BrNO. The fourth-order valence-corrected chi connectivity index (χ4v) is 0.949. The summed E-state index contributed by atoms with van der Waals surface area (Å²) >= 11 is 3.30. The van der Waals surface area contributed by atoms with Gasteiger partial charge in [0.1, 0.15) is 5.69 Å². The molecule has 0 bridgehead atoms. The summed E-state index contributed by atoms with van der Waals surface area (Å²) in [5, 5.41) is 0. The fraction of sp³-hybridized carbons (Fsp3) is 0.250. The van der Waals surface area contributed by atoms with Gasteiger partial charge in [-0.15, -0.1) is 0 Å². The van der Waals surface area contributed by atoms with Crippen molar-refractivity contribution in [1.29, 1.82) is 0 Å². The van der Waals surface area contributed by atoms with Crippen molar-refractivity contribution in [3.8, 4) is 0 Å². The van der Waals surface area contributed by atoms with E-state index in [1.54, 1.807) is 12.3 Å². The van der Waals surface area contributed by atoms with E-state index < -0.39 is 0 Å². The minimum Gasteiger partial charge on any atom is -0.293 e. The average Bonchev–Trinajstić information content (AvgIpc) is 1.94. The molecule has 1 aromatic heterocycles. The minimum atomic E-state index is 0.000556. The van der Waals surface area contributed by atoms with Gasteiger partial charge in [0.05, 0.1) is 0 Å². The van der Waals surface area contributed by atoms with Crippen LogP contribution in [0.15, 0.2) is 16.7 Å². The van der Waals surface area contributed by atoms with Crippen LogP contribution in [0.3, 0.4) is 0 Å². The van der Waals surface area contributed by atoms with Crippen molar-refractivity contribution in [2.24, 2.45) is 0 Å². The van der Waals surface area contributed by atoms with Gasteiger partial charge < -0.3 is 0 Å². The van der Waals surface area contributed by atoms with E-state index in [9.17, 15) is 4.79 Å². The maximum Gasteiger partial charge on any atom is 0.178 e. The number of ketones is 1. The monoisotopic (exact) mass is 213 g/mol. The van der Waals surface area contributed by atoms with Crippen molar-refractivity contribution < 1.29 is 4.79 Å². The average molecular weight is 214 g/mol. The SMILES string of the molecule is CC(=O)c1cc(C)c(Br)cn1. The van der Waals surface area contributed by atoms with Crippen LogP contribution in [-0.2, 0) is 0 Å². The number of aryl methyl sites for hydroxylation is 1. The molecule has 2 nitrogen and oxygen atoms in total. The van der Waals surface area contributed by atoms with Crippen molar-refractivity contribution >= 4 is 21.7 Å². The maximum atomic E-state index is 10.8. The van der Waals surface area contributed by atoms with E-state index >= 15 is 0 Å². The second-order valence-corrected chi connectivity index (χ2v) is 3.23. The van der Waals surface area contributed by atoms with Crippen LogP contribution in [-0.4, -0.2) is 10.8 Å². The zero-order chi connectivity index (χ0) is 8.43. The van der Waals surface area contributed by atoms with E-state index in [0.29, 0.717) is 5.69 Å². The molecule has 3 heteroatoms. The minimum absolute atomic E-state index is 0.000556. The van der Waals surface area contributed by atoms with Gasteiger partial charge in [-0.1, -0.05) is 0 Å². The highest BCUT2D eigenvalue weighted by Gasteiger charge is 2.01. The Morgan fingerprint density at radius 2 is 2.27 bits per heavy atom. The summed E-state index contributed by atoms with van der Waals surface area (Å²) in [5.41, 5.74) is 1.55. The first-order valence-electron chi connectivity index (χ1n) is 3.24. The number of hydrogen-bond donors (Lipinski definition) is 0. The van der Waals surface area contributed by atoms with E-state index in [4.69, 9.17) is 0 Å². The molecule has 0 aliphatic rings. The summed E-state index contributed by atoms with van der Waals surface area (Å²) in [6.07, 6.45) is 1.64. The molecule has 0 aliphatic carbocycles. The van der Waals surface area contributed by atoms with Crippen LogP contribution in [0.4, 0.5) is 0 Å². The predicted octanol–water partition coefficient (Wildman–Crippen LogP) is 2.36. The highest BCUT2D eigenvalue weighted by atomic mass is 79.9. The summed E-state index contributed by atoms with van der Waals surface area (Å²) in [6, 6.07) is 1.77. The topological polar surface area (TPSA) is 30.0 Å². The summed E-state index contributed by atoms with van der Waals surface area (Å²) < 4.78 is 0.933. The molecule has 0 atom stereocenters. The Labute approximate surface area is 73.8 Å². The molecule has 0 spiro atoms. The predicted molar refractivity (Wildman–Crippen MR) is 46.7 cm³/mol. The normalized spacial score (nSPS) is 9.73. The fourth-order valence-electron chi connectivity index (χ4n) is 0.732. The zero-order valence-corrected chi connectivity index (χ0v) is 7.97. The summed E-state index contributed by atoms with van der Waals surface area (Å²) in [6.45, 7) is 3.44. The van der Waals surface area contributed by atoms with Crippen LogP contribution in [0.1, 0.15) is 23.0 Å². The van der Waals surface area contributed by atoms with Gasteiger partial charge in [0.25, 0.3) is 0 Å². The Balaban J connectivity index is 3.15. The van der Waals surface area contributed by atoms with E-state index in [2.05, 4.69) is 20.9 Å². The van der Waals surface area contributed by atoms with Crippen LogP contribution in [0.5, 0.6) is 0 Å². The van der Waals surface area contributed by atoms with Crippen LogP contribution in [0, 0.1) is 6.92 Å². The number of halogens is 1. The smallest absolute Gasteiger partial charge is 0.178 e. The summed E-state index contributed by atoms with van der Waals surface area (Å²) in [7, 11) is 0. The number of carbonyl (C=O) groups excluding carboxylic acids is 1. The standard InChI is InChI=1S/C8H8BrNO/c1-5-3-8(6(2)11)10-4-7(5)9/h3-4H,1-2H3. The molecule has 58 valence electrons. The lowest BCUT2D eigenvalue weighted by molar-refractivity contribution is 0.101. The van der Waals surface area contributed by atoms with Crippen LogP contribution in [0.2, 0.25) is 0 Å². The van der Waals surface area contributed by atoms with Gasteiger partial charge in [0, 0.05) is 17.6 Å². The van der Waals surface area contributed by atoms with E-state index in [1.165, 1.54) is 6.92 Å². The van der Waals surface area contributed by atoms with E-state index in [0.717, 1.165) is 10.0 Å². The number of carbonyl (C=O) groups is 1. The summed E-state index contributed by atoms with van der Waals surface area (Å²) in [4.78, 5) is 14.8. The molecule has 0 saturated heterocycles. The van der Waals surface area contributed by atoms with E-state index in [-0.39, 0.29) is 5.78 Å². The van der Waals surface area contributed by atoms with Gasteiger partial charge in [-0.2, -0.15) is 0 Å². The highest BCUT2D eigenvalue weighted by molar-refractivity contribution is 9.10. The molecule has 11 heavy (non-hydrogen) atoms. The highest BCUT2D eigenvalue weighted by Crippen LogP contribution is 2.14. The number of Topliss-reactive ketones (excluding diaryl/α,β-unsaturated/α-hetero) is 1. The van der Waals surface area contributed by atoms with Crippen molar-refractivity contribution in [2.75, 3.05) is 0 Å². The van der Waals surface area contributed by atoms with Gasteiger partial charge >= 0.3 is 0 Å². The lowest BCUT2D eigenvalue weighted by Crippen LogP contribution is -1.96. The maximum absolute atomic E-state index is 10.8. The molecule has 0 amide bonds. The van der Waals surface area contributed by atoms with Crippen molar-refractivity contribution in [3.05, 3.63) is 28.0 Å². The molecule has 0 aromatic carbocycles.